The molecule has 1 fully saturated rings. The van der Waals surface area contributed by atoms with Crippen LogP contribution >= 0.6 is 11.6 Å². The second kappa shape index (κ2) is 13.8. The van der Waals surface area contributed by atoms with Crippen molar-refractivity contribution in [2.75, 3.05) is 24.2 Å². The Kier molecular flexibility index (Phi) is 10.3. The number of methoxy groups -OCH3 is 1. The van der Waals surface area contributed by atoms with Crippen LogP contribution in [0.2, 0.25) is 5.02 Å². The summed E-state index contributed by atoms with van der Waals surface area (Å²) in [5, 5.41) is 3.54. The van der Waals surface area contributed by atoms with Gasteiger partial charge in [0.15, 0.2) is 0 Å². The van der Waals surface area contributed by atoms with Crippen molar-refractivity contribution in [2.45, 2.75) is 81.9 Å². The maximum atomic E-state index is 12.8. The predicted molar refractivity (Wildman–Crippen MR) is 166 cm³/mol. The van der Waals surface area contributed by atoms with Crippen molar-refractivity contribution in [3.8, 4) is 5.88 Å². The molecule has 0 saturated heterocycles. The summed E-state index contributed by atoms with van der Waals surface area (Å²) < 4.78 is 38.9. The van der Waals surface area contributed by atoms with Crippen molar-refractivity contribution in [2.24, 2.45) is 0 Å². The lowest BCUT2D eigenvalue weighted by Crippen LogP contribution is -2.43. The Balaban J connectivity index is 1.28. The summed E-state index contributed by atoms with van der Waals surface area (Å²) in [6.45, 7) is 5.61. The summed E-state index contributed by atoms with van der Waals surface area (Å²) in [7, 11) is -0.617. The van der Waals surface area contributed by atoms with Gasteiger partial charge in [0.25, 0.3) is 10.0 Å². The van der Waals surface area contributed by atoms with E-state index in [0.29, 0.717) is 24.7 Å². The van der Waals surface area contributed by atoms with Gasteiger partial charge < -0.3 is 19.7 Å². The fourth-order valence-corrected chi connectivity index (χ4v) is 6.38. The topological polar surface area (TPSA) is 136 Å². The van der Waals surface area contributed by atoms with Gasteiger partial charge in [-0.1, -0.05) is 23.7 Å². The molecule has 1 amide bonds. The Bertz CT molecular complexity index is 1510. The molecule has 3 aromatic rings. The van der Waals surface area contributed by atoms with E-state index >= 15 is 0 Å². The van der Waals surface area contributed by atoms with Crippen LogP contribution in [0.15, 0.2) is 53.7 Å². The van der Waals surface area contributed by atoms with E-state index < -0.39 is 15.6 Å². The molecule has 0 spiro atoms. The lowest BCUT2D eigenvalue weighted by molar-refractivity contribution is 0.0185. The number of nitrogens with zero attached hydrogens (tertiary/aromatic N) is 4. The van der Waals surface area contributed by atoms with Crippen LogP contribution in [0.5, 0.6) is 5.88 Å². The molecular weight excluding hydrogens is 592 g/mol. The first-order valence-electron chi connectivity index (χ1n) is 14.2. The van der Waals surface area contributed by atoms with Crippen LogP contribution in [0.4, 0.5) is 16.6 Å². The summed E-state index contributed by atoms with van der Waals surface area (Å²) in [6, 6.07) is 9.96. The number of ether oxygens (including phenoxy) is 2. The fraction of sp³-hybridized carbons (Fsp3) is 0.467. The minimum absolute atomic E-state index is 0.0297. The monoisotopic (exact) mass is 630 g/mol. The molecule has 0 unspecified atom stereocenters. The zero-order chi connectivity index (χ0) is 31.2. The van der Waals surface area contributed by atoms with Gasteiger partial charge in [-0.3, -0.25) is 4.72 Å². The standard InChI is InChI=1S/C30H39ClN6O5S/c1-30(2,3)42-29(38)37(4)23-15-13-22(14-16-23)34-28-32-18-20(19-33-28)10-11-21-12-17-26(35-27(21)41-5)36-43(39,40)25-9-7-6-8-24(25)31/h6-9,12,17-19,22-23H,10-11,13-16H2,1-5H3,(H,35,36)(H,32,33,34). The van der Waals surface area contributed by atoms with Crippen LogP contribution in [-0.4, -0.2) is 66.2 Å². The Morgan fingerprint density at radius 3 is 2.35 bits per heavy atom. The summed E-state index contributed by atoms with van der Waals surface area (Å²) in [6.07, 6.45) is 8.10. The predicted octanol–water partition coefficient (Wildman–Crippen LogP) is 5.71. The molecule has 0 radical (unpaired) electrons. The number of halogens is 1. The largest absolute Gasteiger partial charge is 0.481 e. The van der Waals surface area contributed by atoms with Gasteiger partial charge in [0.05, 0.1) is 12.1 Å². The highest BCUT2D eigenvalue weighted by Crippen LogP contribution is 2.27. The second-order valence-electron chi connectivity index (χ2n) is 11.6. The number of benzene rings is 1. The number of hydrogen-bond acceptors (Lipinski definition) is 9. The molecule has 1 saturated carbocycles. The van der Waals surface area contributed by atoms with Crippen LogP contribution in [0.25, 0.3) is 0 Å². The molecule has 2 aromatic heterocycles. The van der Waals surface area contributed by atoms with Gasteiger partial charge in [-0.15, -0.1) is 0 Å². The Morgan fingerprint density at radius 2 is 1.72 bits per heavy atom. The molecule has 0 aliphatic heterocycles. The van der Waals surface area contributed by atoms with E-state index in [1.807, 2.05) is 20.8 Å². The molecule has 2 heterocycles. The average molecular weight is 631 g/mol. The second-order valence-corrected chi connectivity index (χ2v) is 13.6. The van der Waals surface area contributed by atoms with Gasteiger partial charge in [-0.05, 0) is 89.1 Å². The number of carbonyl (C=O) groups is 1. The van der Waals surface area contributed by atoms with E-state index in [4.69, 9.17) is 21.1 Å². The van der Waals surface area contributed by atoms with Crippen molar-refractivity contribution in [1.82, 2.24) is 19.9 Å². The first kappa shape index (κ1) is 32.3. The van der Waals surface area contributed by atoms with E-state index in [9.17, 15) is 13.2 Å². The SMILES string of the molecule is COc1nc(NS(=O)(=O)c2ccccc2Cl)ccc1CCc1cnc(NC2CCC(N(C)C(=O)OC(C)(C)C)CC2)nc1. The van der Waals surface area contributed by atoms with Crippen molar-refractivity contribution in [1.29, 1.82) is 0 Å². The van der Waals surface area contributed by atoms with Gasteiger partial charge in [0, 0.05) is 37.1 Å². The molecule has 232 valence electrons. The first-order valence-corrected chi connectivity index (χ1v) is 16.1. The molecular formula is C30H39ClN6O5S. The summed E-state index contributed by atoms with van der Waals surface area (Å²) in [4.78, 5) is 27.4. The third-order valence-corrected chi connectivity index (χ3v) is 9.00. The van der Waals surface area contributed by atoms with Crippen LogP contribution in [-0.2, 0) is 27.6 Å². The molecule has 2 N–H and O–H groups in total. The Hall–Kier alpha value is -3.64. The third-order valence-electron chi connectivity index (χ3n) is 7.14. The number of sulfonamides is 1. The average Bonchev–Trinajstić information content (AvgIpc) is 2.96. The van der Waals surface area contributed by atoms with Crippen molar-refractivity contribution in [3.63, 3.8) is 0 Å². The number of anilines is 2. The van der Waals surface area contributed by atoms with Gasteiger partial charge in [-0.25, -0.2) is 23.2 Å². The summed E-state index contributed by atoms with van der Waals surface area (Å²) in [5.74, 6) is 1.03. The van der Waals surface area contributed by atoms with Crippen LogP contribution in [0.3, 0.4) is 0 Å². The number of pyridine rings is 1. The number of aromatic nitrogens is 3. The lowest BCUT2D eigenvalue weighted by atomic mass is 9.90. The summed E-state index contributed by atoms with van der Waals surface area (Å²) >= 11 is 6.06. The fourth-order valence-electron chi connectivity index (χ4n) is 4.86. The van der Waals surface area contributed by atoms with E-state index in [2.05, 4.69) is 25.0 Å². The van der Waals surface area contributed by atoms with Crippen molar-refractivity contribution < 1.29 is 22.7 Å². The van der Waals surface area contributed by atoms with Gasteiger partial charge >= 0.3 is 6.09 Å². The van der Waals surface area contributed by atoms with Gasteiger partial charge in [0.2, 0.25) is 11.8 Å². The van der Waals surface area contributed by atoms with E-state index in [1.165, 1.54) is 19.2 Å². The molecule has 1 aromatic carbocycles. The lowest BCUT2D eigenvalue weighted by Gasteiger charge is -2.35. The van der Waals surface area contributed by atoms with Crippen LogP contribution < -0.4 is 14.8 Å². The van der Waals surface area contributed by atoms with E-state index in [1.54, 1.807) is 48.6 Å². The molecule has 1 aliphatic carbocycles. The van der Waals surface area contributed by atoms with Crippen molar-refractivity contribution >= 4 is 39.5 Å². The molecule has 1 aliphatic rings. The minimum atomic E-state index is -3.91. The third kappa shape index (κ3) is 8.93. The number of hydrogen-bond donors (Lipinski definition) is 2. The normalized spacial score (nSPS) is 17.2. The smallest absolute Gasteiger partial charge is 0.410 e. The zero-order valence-corrected chi connectivity index (χ0v) is 26.7. The highest BCUT2D eigenvalue weighted by molar-refractivity contribution is 7.92. The molecule has 11 nitrogen and oxygen atoms in total. The zero-order valence-electron chi connectivity index (χ0n) is 25.1. The van der Waals surface area contributed by atoms with Crippen LogP contribution in [0.1, 0.15) is 57.6 Å². The number of aryl methyl sites for hydroxylation is 2. The highest BCUT2D eigenvalue weighted by atomic mass is 35.5. The van der Waals surface area contributed by atoms with Gasteiger partial charge in [0.1, 0.15) is 16.3 Å². The van der Waals surface area contributed by atoms with E-state index in [-0.39, 0.29) is 33.9 Å². The Morgan fingerprint density at radius 1 is 1.05 bits per heavy atom. The molecule has 13 heteroatoms. The number of amides is 1. The van der Waals surface area contributed by atoms with Crippen molar-refractivity contribution in [3.05, 3.63) is 64.9 Å². The molecule has 0 atom stereocenters. The number of rotatable bonds is 10. The van der Waals surface area contributed by atoms with Gasteiger partial charge in [-0.2, -0.15) is 4.98 Å². The highest BCUT2D eigenvalue weighted by Gasteiger charge is 2.29. The number of nitrogens with one attached hydrogen (secondary N) is 2. The molecule has 0 bridgehead atoms. The maximum Gasteiger partial charge on any atom is 0.410 e. The molecule has 43 heavy (non-hydrogen) atoms. The Labute approximate surface area is 258 Å². The molecule has 4 rings (SSSR count). The quantitative estimate of drug-likeness (QED) is 0.289. The maximum absolute atomic E-state index is 12.8. The number of carbonyl (C=O) groups excluding carboxylic acids is 1. The van der Waals surface area contributed by atoms with E-state index in [0.717, 1.165) is 36.8 Å². The first-order chi connectivity index (χ1) is 20.3. The summed E-state index contributed by atoms with van der Waals surface area (Å²) in [5.41, 5.74) is 1.25. The minimum Gasteiger partial charge on any atom is -0.481 e. The van der Waals surface area contributed by atoms with Crippen LogP contribution in [0, 0.1) is 0 Å².